The summed E-state index contributed by atoms with van der Waals surface area (Å²) in [6.07, 6.45) is 4.56. The first kappa shape index (κ1) is 11.5. The molecule has 0 spiro atoms. The second-order valence-corrected chi connectivity index (χ2v) is 4.40. The number of allylic oxidation sites excluding steroid dienone is 3. The fraction of sp³-hybridized carbons (Fsp3) is 0.250. The van der Waals surface area contributed by atoms with Gasteiger partial charge in [0, 0.05) is 19.2 Å². The van der Waals surface area contributed by atoms with Crippen LogP contribution >= 0.6 is 0 Å². The van der Waals surface area contributed by atoms with E-state index in [0.29, 0.717) is 13.1 Å². The minimum absolute atomic E-state index is 0.105. The molecule has 7 nitrogen and oxygen atoms in total. The normalized spacial score (nSPS) is 19.9. The number of fused-ring (bicyclic) bond motifs is 1. The highest BCUT2D eigenvalue weighted by atomic mass is 16.3. The second kappa shape index (κ2) is 3.98. The molecule has 2 aliphatic rings. The number of carbonyl (C=O) groups excluding carboxylic acids is 1. The van der Waals surface area contributed by atoms with Crippen LogP contribution in [0.1, 0.15) is 6.42 Å². The standard InChI is InChI=1S/C12H12N4O3/c13-11-10(12(19)16-5-1-4-15(11)16)14-8-3-2-7(17)6-9(8)18/h2-3,6,18H,1,4-5,13H2/b14-8-. The lowest BCUT2D eigenvalue weighted by molar-refractivity contribution is -0.110. The van der Waals surface area contributed by atoms with Gasteiger partial charge in [0.25, 0.3) is 5.56 Å². The number of aliphatic hydroxyl groups is 1. The number of hydrogen-bond donors (Lipinski definition) is 2. The van der Waals surface area contributed by atoms with Crippen molar-refractivity contribution in [2.45, 2.75) is 19.5 Å². The summed E-state index contributed by atoms with van der Waals surface area (Å²) in [7, 11) is 0. The van der Waals surface area contributed by atoms with E-state index in [0.717, 1.165) is 12.5 Å². The lowest BCUT2D eigenvalue weighted by Crippen LogP contribution is -2.16. The fourth-order valence-corrected chi connectivity index (χ4v) is 2.25. The summed E-state index contributed by atoms with van der Waals surface area (Å²) >= 11 is 0. The minimum atomic E-state index is -0.319. The molecule has 0 bridgehead atoms. The summed E-state index contributed by atoms with van der Waals surface area (Å²) in [4.78, 5) is 27.2. The molecule has 0 atom stereocenters. The summed E-state index contributed by atoms with van der Waals surface area (Å²) < 4.78 is 3.22. The van der Waals surface area contributed by atoms with Gasteiger partial charge in [-0.1, -0.05) is 0 Å². The molecule has 0 fully saturated rings. The second-order valence-electron chi connectivity index (χ2n) is 4.40. The van der Waals surface area contributed by atoms with E-state index < -0.39 is 0 Å². The molecular weight excluding hydrogens is 248 g/mol. The zero-order chi connectivity index (χ0) is 13.6. The molecular formula is C12H12N4O3. The maximum absolute atomic E-state index is 12.1. The van der Waals surface area contributed by atoms with Crippen molar-refractivity contribution < 1.29 is 9.90 Å². The van der Waals surface area contributed by atoms with Gasteiger partial charge in [-0.25, -0.2) is 9.67 Å². The average molecular weight is 260 g/mol. The molecule has 0 unspecified atom stereocenters. The van der Waals surface area contributed by atoms with Gasteiger partial charge < -0.3 is 10.8 Å². The largest absolute Gasteiger partial charge is 0.506 e. The number of nitrogens with two attached hydrogens (primary N) is 1. The molecule has 0 saturated heterocycles. The summed E-state index contributed by atoms with van der Waals surface area (Å²) in [5.41, 5.74) is 5.88. The number of aliphatic hydroxyl groups excluding tert-OH is 1. The van der Waals surface area contributed by atoms with Crippen molar-refractivity contribution in [2.24, 2.45) is 4.99 Å². The van der Waals surface area contributed by atoms with E-state index in [1.807, 2.05) is 0 Å². The van der Waals surface area contributed by atoms with Crippen molar-refractivity contribution in [1.29, 1.82) is 0 Å². The van der Waals surface area contributed by atoms with E-state index >= 15 is 0 Å². The zero-order valence-corrected chi connectivity index (χ0v) is 10.0. The van der Waals surface area contributed by atoms with Crippen LogP contribution in [0.4, 0.5) is 11.5 Å². The molecule has 3 N–H and O–H groups in total. The molecule has 0 saturated carbocycles. The highest BCUT2D eigenvalue weighted by Gasteiger charge is 2.22. The molecule has 19 heavy (non-hydrogen) atoms. The Hall–Kier alpha value is -2.57. The molecule has 0 radical (unpaired) electrons. The summed E-state index contributed by atoms with van der Waals surface area (Å²) in [5, 5.41) is 9.63. The third kappa shape index (κ3) is 1.70. The maximum Gasteiger partial charge on any atom is 0.294 e. The van der Waals surface area contributed by atoms with Crippen LogP contribution in [0, 0.1) is 0 Å². The van der Waals surface area contributed by atoms with Gasteiger partial charge in [0.15, 0.2) is 17.3 Å². The molecule has 7 heteroatoms. The number of nitrogen functional groups attached to an aromatic ring is 1. The number of aliphatic imine (C=N–C) groups is 1. The number of hydrogen-bond acceptors (Lipinski definition) is 5. The lowest BCUT2D eigenvalue weighted by Gasteiger charge is -2.04. The number of ketones is 1. The first-order valence-electron chi connectivity index (χ1n) is 5.89. The minimum Gasteiger partial charge on any atom is -0.506 e. The molecule has 2 heterocycles. The molecule has 98 valence electrons. The van der Waals surface area contributed by atoms with Crippen molar-refractivity contribution in [2.75, 3.05) is 5.73 Å². The Bertz CT molecular complexity index is 718. The highest BCUT2D eigenvalue weighted by molar-refractivity contribution is 6.19. The predicted octanol–water partition coefficient (Wildman–Crippen LogP) is 0.289. The lowest BCUT2D eigenvalue weighted by atomic mass is 10.1. The molecule has 0 amide bonds. The Morgan fingerprint density at radius 2 is 1.95 bits per heavy atom. The van der Waals surface area contributed by atoms with Gasteiger partial charge in [-0.2, -0.15) is 0 Å². The first-order chi connectivity index (χ1) is 9.08. The molecule has 1 aromatic rings. The topological polar surface area (TPSA) is 103 Å². The van der Waals surface area contributed by atoms with Crippen LogP contribution in [-0.2, 0) is 17.9 Å². The molecule has 3 rings (SSSR count). The number of anilines is 1. The van der Waals surface area contributed by atoms with E-state index in [9.17, 15) is 14.7 Å². The molecule has 1 aliphatic carbocycles. The van der Waals surface area contributed by atoms with Crippen LogP contribution in [0.15, 0.2) is 33.8 Å². The maximum atomic E-state index is 12.1. The number of carbonyl (C=O) groups is 1. The van der Waals surface area contributed by atoms with Crippen molar-refractivity contribution in [3.63, 3.8) is 0 Å². The fourth-order valence-electron chi connectivity index (χ4n) is 2.25. The van der Waals surface area contributed by atoms with Crippen LogP contribution in [-0.4, -0.2) is 26.0 Å². The van der Waals surface area contributed by atoms with Gasteiger partial charge in [-0.05, 0) is 18.6 Å². The summed E-state index contributed by atoms with van der Waals surface area (Å²) in [6, 6.07) is 0. The van der Waals surface area contributed by atoms with E-state index in [2.05, 4.69) is 4.99 Å². The third-order valence-electron chi connectivity index (χ3n) is 3.17. The molecule has 0 aromatic carbocycles. The van der Waals surface area contributed by atoms with Gasteiger partial charge in [0.05, 0.1) is 0 Å². The van der Waals surface area contributed by atoms with Gasteiger partial charge in [-0.15, -0.1) is 0 Å². The average Bonchev–Trinajstić information content (AvgIpc) is 2.92. The smallest absolute Gasteiger partial charge is 0.294 e. The predicted molar refractivity (Wildman–Crippen MR) is 69.7 cm³/mol. The first-order valence-corrected chi connectivity index (χ1v) is 5.89. The van der Waals surface area contributed by atoms with E-state index in [1.165, 1.54) is 16.8 Å². The van der Waals surface area contributed by atoms with Crippen LogP contribution < -0.4 is 11.3 Å². The highest BCUT2D eigenvalue weighted by Crippen LogP contribution is 2.23. The van der Waals surface area contributed by atoms with Gasteiger partial charge in [-0.3, -0.25) is 14.3 Å². The van der Waals surface area contributed by atoms with Crippen molar-refractivity contribution in [3.8, 4) is 0 Å². The quantitative estimate of drug-likeness (QED) is 0.708. The van der Waals surface area contributed by atoms with Gasteiger partial charge in [0.1, 0.15) is 11.5 Å². The monoisotopic (exact) mass is 260 g/mol. The Labute approximate surface area is 107 Å². The third-order valence-corrected chi connectivity index (χ3v) is 3.17. The Morgan fingerprint density at radius 3 is 2.63 bits per heavy atom. The molecule has 1 aromatic heterocycles. The Morgan fingerprint density at radius 1 is 1.21 bits per heavy atom. The summed E-state index contributed by atoms with van der Waals surface area (Å²) in [6.45, 7) is 1.30. The van der Waals surface area contributed by atoms with Crippen LogP contribution in [0.2, 0.25) is 0 Å². The van der Waals surface area contributed by atoms with Crippen LogP contribution in [0.3, 0.4) is 0 Å². The van der Waals surface area contributed by atoms with Crippen LogP contribution in [0.25, 0.3) is 0 Å². The van der Waals surface area contributed by atoms with Crippen molar-refractivity contribution >= 4 is 23.0 Å². The SMILES string of the molecule is Nc1c(/N=C2/C=CC(=O)C=C2O)c(=O)n2n1CCC2. The summed E-state index contributed by atoms with van der Waals surface area (Å²) in [5.74, 6) is -0.295. The van der Waals surface area contributed by atoms with Gasteiger partial charge >= 0.3 is 0 Å². The van der Waals surface area contributed by atoms with E-state index in [4.69, 9.17) is 5.73 Å². The van der Waals surface area contributed by atoms with E-state index in [1.54, 1.807) is 4.68 Å². The van der Waals surface area contributed by atoms with Crippen molar-refractivity contribution in [3.05, 3.63) is 34.3 Å². The van der Waals surface area contributed by atoms with Crippen molar-refractivity contribution in [1.82, 2.24) is 9.36 Å². The molecule has 1 aliphatic heterocycles. The Balaban J connectivity index is 2.11. The van der Waals surface area contributed by atoms with E-state index in [-0.39, 0.29) is 34.3 Å². The number of nitrogens with zero attached hydrogens (tertiary/aromatic N) is 3. The number of aromatic nitrogens is 2. The number of rotatable bonds is 1. The zero-order valence-electron chi connectivity index (χ0n) is 10.0. The van der Waals surface area contributed by atoms with Crippen LogP contribution in [0.5, 0.6) is 0 Å². The Kier molecular flexibility index (Phi) is 2.41. The van der Waals surface area contributed by atoms with Gasteiger partial charge in [0.2, 0.25) is 0 Å².